The molecule has 0 saturated heterocycles. The number of nitrogens with zero attached hydrogens (tertiary/aromatic N) is 1. The molecule has 1 atom stereocenters. The molecule has 114 valence electrons. The molecule has 1 aromatic rings. The molecule has 0 radical (unpaired) electrons. The lowest BCUT2D eigenvalue weighted by Gasteiger charge is -2.28. The fourth-order valence-corrected chi connectivity index (χ4v) is 2.45. The predicted molar refractivity (Wildman–Crippen MR) is 82.8 cm³/mol. The Kier molecular flexibility index (Phi) is 7.59. The van der Waals surface area contributed by atoms with Crippen LogP contribution in [0.2, 0.25) is 0 Å². The number of hydrogen-bond donors (Lipinski definition) is 2. The van der Waals surface area contributed by atoms with Crippen LogP contribution in [0, 0.1) is 0 Å². The van der Waals surface area contributed by atoms with Crippen molar-refractivity contribution in [1.82, 2.24) is 4.90 Å². The quantitative estimate of drug-likeness (QED) is 0.726. The number of likely N-dealkylation sites (N-methyl/N-ethyl adjacent to an activating group) is 1. The van der Waals surface area contributed by atoms with Crippen LogP contribution in [0.15, 0.2) is 24.3 Å². The van der Waals surface area contributed by atoms with Gasteiger partial charge in [-0.3, -0.25) is 0 Å². The molecule has 0 spiro atoms. The van der Waals surface area contributed by atoms with Gasteiger partial charge in [0.1, 0.15) is 18.5 Å². The van der Waals surface area contributed by atoms with E-state index in [2.05, 4.69) is 25.8 Å². The van der Waals surface area contributed by atoms with Gasteiger partial charge in [0.15, 0.2) is 0 Å². The van der Waals surface area contributed by atoms with E-state index < -0.39 is 6.10 Å². The first kappa shape index (κ1) is 17.0. The van der Waals surface area contributed by atoms with Crippen LogP contribution in [-0.2, 0) is 6.54 Å². The lowest BCUT2D eigenvalue weighted by molar-refractivity contribution is 0.0613. The summed E-state index contributed by atoms with van der Waals surface area (Å²) in [5.74, 6) is 0.763. The zero-order valence-corrected chi connectivity index (χ0v) is 12.9. The number of hydrogen-bond acceptors (Lipinski definition) is 4. The first-order chi connectivity index (χ1) is 9.62. The van der Waals surface area contributed by atoms with Crippen LogP contribution in [0.5, 0.6) is 5.75 Å². The fraction of sp³-hybridized carbons (Fsp3) is 0.625. The Morgan fingerprint density at radius 3 is 2.50 bits per heavy atom. The van der Waals surface area contributed by atoms with Crippen molar-refractivity contribution >= 4 is 0 Å². The minimum atomic E-state index is -0.494. The molecule has 0 fully saturated rings. The second-order valence-electron chi connectivity index (χ2n) is 5.19. The van der Waals surface area contributed by atoms with Crippen molar-refractivity contribution in [2.24, 2.45) is 5.73 Å². The highest BCUT2D eigenvalue weighted by atomic mass is 16.5. The predicted octanol–water partition coefficient (Wildman–Crippen LogP) is 2.01. The van der Waals surface area contributed by atoms with Crippen LogP contribution in [0.4, 0.5) is 0 Å². The molecule has 0 aromatic heterocycles. The fourth-order valence-electron chi connectivity index (χ4n) is 2.45. The molecule has 0 saturated carbocycles. The third-order valence-electron chi connectivity index (χ3n) is 3.69. The van der Waals surface area contributed by atoms with Crippen molar-refractivity contribution < 1.29 is 9.84 Å². The summed E-state index contributed by atoms with van der Waals surface area (Å²) in [5.41, 5.74) is 6.63. The van der Waals surface area contributed by atoms with Crippen LogP contribution < -0.4 is 10.5 Å². The van der Waals surface area contributed by atoms with E-state index in [9.17, 15) is 5.11 Å². The largest absolute Gasteiger partial charge is 0.491 e. The van der Waals surface area contributed by atoms with Gasteiger partial charge in [0.25, 0.3) is 0 Å². The molecule has 0 bridgehead atoms. The van der Waals surface area contributed by atoms with Gasteiger partial charge in [0, 0.05) is 24.7 Å². The Morgan fingerprint density at radius 2 is 1.90 bits per heavy atom. The summed E-state index contributed by atoms with van der Waals surface area (Å²) in [6.07, 6.45) is 1.69. The molecule has 0 heterocycles. The van der Waals surface area contributed by atoms with E-state index >= 15 is 0 Å². The number of aliphatic hydroxyl groups is 1. The summed E-state index contributed by atoms with van der Waals surface area (Å²) in [7, 11) is 2.05. The Hall–Kier alpha value is -1.10. The zero-order valence-electron chi connectivity index (χ0n) is 12.9. The molecular weight excluding hydrogens is 252 g/mol. The highest BCUT2D eigenvalue weighted by Gasteiger charge is 2.15. The van der Waals surface area contributed by atoms with Crippen molar-refractivity contribution in [3.63, 3.8) is 0 Å². The first-order valence-corrected chi connectivity index (χ1v) is 7.41. The van der Waals surface area contributed by atoms with Gasteiger partial charge in [-0.15, -0.1) is 0 Å². The van der Waals surface area contributed by atoms with Gasteiger partial charge in [0.05, 0.1) is 0 Å². The topological polar surface area (TPSA) is 58.7 Å². The number of benzene rings is 1. The average Bonchev–Trinajstić information content (AvgIpc) is 2.46. The summed E-state index contributed by atoms with van der Waals surface area (Å²) in [6.45, 7) is 5.70. The van der Waals surface area contributed by atoms with E-state index in [1.165, 1.54) is 0 Å². The Bertz CT molecular complexity index is 380. The molecule has 1 rings (SSSR count). The van der Waals surface area contributed by atoms with Gasteiger partial charge < -0.3 is 20.5 Å². The number of para-hydroxylation sites is 1. The zero-order chi connectivity index (χ0) is 15.0. The van der Waals surface area contributed by atoms with Gasteiger partial charge in [-0.1, -0.05) is 32.0 Å². The second kappa shape index (κ2) is 8.95. The standard InChI is InChI=1S/C16H28N2O2/c1-4-14(5-2)18(3)11-15(19)12-20-16-9-7-6-8-13(16)10-17/h6-9,14-15,19H,4-5,10-12,17H2,1-3H3. The maximum atomic E-state index is 10.1. The Labute approximate surface area is 122 Å². The SMILES string of the molecule is CCC(CC)N(C)CC(O)COc1ccccc1CN. The molecule has 4 heteroatoms. The maximum absolute atomic E-state index is 10.1. The highest BCUT2D eigenvalue weighted by molar-refractivity contribution is 5.32. The van der Waals surface area contributed by atoms with E-state index in [0.717, 1.165) is 24.2 Å². The van der Waals surface area contributed by atoms with E-state index in [4.69, 9.17) is 10.5 Å². The third kappa shape index (κ3) is 5.12. The van der Waals surface area contributed by atoms with Crippen molar-refractivity contribution in [2.45, 2.75) is 45.4 Å². The van der Waals surface area contributed by atoms with Crippen LogP contribution in [-0.4, -0.2) is 42.4 Å². The van der Waals surface area contributed by atoms with Crippen LogP contribution >= 0.6 is 0 Å². The molecule has 1 aromatic carbocycles. The summed E-state index contributed by atoms with van der Waals surface area (Å²) in [4.78, 5) is 2.20. The van der Waals surface area contributed by atoms with Crippen molar-refractivity contribution in [2.75, 3.05) is 20.2 Å². The smallest absolute Gasteiger partial charge is 0.123 e. The number of aliphatic hydroxyl groups excluding tert-OH is 1. The van der Waals surface area contributed by atoms with E-state index in [-0.39, 0.29) is 0 Å². The van der Waals surface area contributed by atoms with Crippen molar-refractivity contribution in [3.8, 4) is 5.75 Å². The molecule has 0 aliphatic heterocycles. The maximum Gasteiger partial charge on any atom is 0.123 e. The van der Waals surface area contributed by atoms with Gasteiger partial charge in [-0.2, -0.15) is 0 Å². The summed E-state index contributed by atoms with van der Waals surface area (Å²) in [6, 6.07) is 8.20. The molecule has 0 aliphatic carbocycles. The second-order valence-corrected chi connectivity index (χ2v) is 5.19. The van der Waals surface area contributed by atoms with E-state index in [0.29, 0.717) is 25.7 Å². The number of rotatable bonds is 9. The van der Waals surface area contributed by atoms with Crippen LogP contribution in [0.1, 0.15) is 32.3 Å². The van der Waals surface area contributed by atoms with E-state index in [1.807, 2.05) is 24.3 Å². The van der Waals surface area contributed by atoms with Crippen molar-refractivity contribution in [1.29, 1.82) is 0 Å². The molecule has 0 aliphatic rings. The minimum Gasteiger partial charge on any atom is -0.491 e. The van der Waals surface area contributed by atoms with Gasteiger partial charge in [-0.25, -0.2) is 0 Å². The molecule has 4 nitrogen and oxygen atoms in total. The summed E-state index contributed by atoms with van der Waals surface area (Å²) in [5, 5.41) is 10.1. The minimum absolute atomic E-state index is 0.293. The van der Waals surface area contributed by atoms with Crippen LogP contribution in [0.25, 0.3) is 0 Å². The van der Waals surface area contributed by atoms with E-state index in [1.54, 1.807) is 0 Å². The molecular formula is C16H28N2O2. The molecule has 20 heavy (non-hydrogen) atoms. The molecule has 0 amide bonds. The normalized spacial score (nSPS) is 12.9. The monoisotopic (exact) mass is 280 g/mol. The number of nitrogens with two attached hydrogens (primary N) is 1. The number of ether oxygens (including phenoxy) is 1. The Morgan fingerprint density at radius 1 is 1.25 bits per heavy atom. The lowest BCUT2D eigenvalue weighted by Crippen LogP contribution is -2.39. The van der Waals surface area contributed by atoms with Crippen molar-refractivity contribution in [3.05, 3.63) is 29.8 Å². The van der Waals surface area contributed by atoms with Gasteiger partial charge in [0.2, 0.25) is 0 Å². The summed E-state index contributed by atoms with van der Waals surface area (Å²) < 4.78 is 5.68. The summed E-state index contributed by atoms with van der Waals surface area (Å²) >= 11 is 0. The Balaban J connectivity index is 2.45. The first-order valence-electron chi connectivity index (χ1n) is 7.41. The highest BCUT2D eigenvalue weighted by Crippen LogP contribution is 2.17. The van der Waals surface area contributed by atoms with Crippen LogP contribution in [0.3, 0.4) is 0 Å². The third-order valence-corrected chi connectivity index (χ3v) is 3.69. The van der Waals surface area contributed by atoms with Gasteiger partial charge in [-0.05, 0) is 26.0 Å². The van der Waals surface area contributed by atoms with Gasteiger partial charge >= 0.3 is 0 Å². The molecule has 3 N–H and O–H groups in total. The lowest BCUT2D eigenvalue weighted by atomic mass is 10.1. The molecule has 1 unspecified atom stereocenters. The average molecular weight is 280 g/mol.